The van der Waals surface area contributed by atoms with Gasteiger partial charge in [-0.05, 0) is 23.6 Å². The van der Waals surface area contributed by atoms with Crippen LogP contribution in [-0.4, -0.2) is 17.0 Å². The van der Waals surface area contributed by atoms with Crippen LogP contribution in [0.1, 0.15) is 27.0 Å². The molecule has 0 aliphatic carbocycles. The van der Waals surface area contributed by atoms with Gasteiger partial charge >= 0.3 is 5.97 Å². The molecule has 0 saturated heterocycles. The first-order valence-electron chi connectivity index (χ1n) is 5.37. The second kappa shape index (κ2) is 6.18. The number of carbonyl (C=O) groups excluding carboxylic acids is 1. The van der Waals surface area contributed by atoms with Crippen molar-refractivity contribution in [2.24, 2.45) is 0 Å². The van der Waals surface area contributed by atoms with E-state index in [9.17, 15) is 9.59 Å². The smallest absolute Gasteiger partial charge is 0.305 e. The lowest BCUT2D eigenvalue weighted by Crippen LogP contribution is -2.29. The third kappa shape index (κ3) is 3.79. The van der Waals surface area contributed by atoms with Gasteiger partial charge in [0.2, 0.25) is 0 Å². The molecule has 0 aliphatic rings. The van der Waals surface area contributed by atoms with Crippen LogP contribution < -0.4 is 5.32 Å². The number of aliphatic carboxylic acids is 1. The summed E-state index contributed by atoms with van der Waals surface area (Å²) in [4.78, 5) is 24.1. The average Bonchev–Trinajstić information content (AvgIpc) is 2.97. The number of carboxylic acids is 1. The molecule has 0 saturated carbocycles. The average molecular weight is 316 g/mol. The Bertz CT molecular complexity index is 580. The van der Waals surface area contributed by atoms with E-state index in [0.717, 1.165) is 16.2 Å². The van der Waals surface area contributed by atoms with E-state index >= 15 is 0 Å². The van der Waals surface area contributed by atoms with E-state index in [2.05, 4.69) is 5.32 Å². The van der Waals surface area contributed by atoms with E-state index in [1.54, 1.807) is 18.2 Å². The highest BCUT2D eigenvalue weighted by Crippen LogP contribution is 2.25. The van der Waals surface area contributed by atoms with Crippen LogP contribution in [0.25, 0.3) is 0 Å². The number of hydrogen-bond donors (Lipinski definition) is 2. The predicted molar refractivity (Wildman–Crippen MR) is 76.1 cm³/mol. The fraction of sp³-hybridized carbons (Fsp3) is 0.167. The van der Waals surface area contributed by atoms with E-state index in [1.165, 1.54) is 11.3 Å². The summed E-state index contributed by atoms with van der Waals surface area (Å²) in [5.74, 6) is -1.26. The van der Waals surface area contributed by atoms with E-state index in [4.69, 9.17) is 16.7 Å². The van der Waals surface area contributed by atoms with Gasteiger partial charge in [0.05, 0.1) is 21.7 Å². The Balaban J connectivity index is 2.12. The quantitative estimate of drug-likeness (QED) is 0.888. The Kier molecular flexibility index (Phi) is 4.57. The third-order valence-corrected chi connectivity index (χ3v) is 4.58. The van der Waals surface area contributed by atoms with Gasteiger partial charge < -0.3 is 10.4 Å². The Morgan fingerprint density at radius 1 is 1.37 bits per heavy atom. The largest absolute Gasteiger partial charge is 0.481 e. The van der Waals surface area contributed by atoms with E-state index in [-0.39, 0.29) is 12.3 Å². The van der Waals surface area contributed by atoms with E-state index in [1.807, 2.05) is 11.4 Å². The van der Waals surface area contributed by atoms with Crippen molar-refractivity contribution in [3.63, 3.8) is 0 Å². The number of nitrogens with one attached hydrogen (secondary N) is 1. The minimum atomic E-state index is -0.956. The standard InChI is InChI=1S/C12H10ClNO3S2/c13-10-4-3-9(19-10)12(17)14-7(6-11(15)16)8-2-1-5-18-8/h1-5,7H,6H2,(H,14,17)(H,15,16)/t7-/m0/s1. The molecule has 0 radical (unpaired) electrons. The lowest BCUT2D eigenvalue weighted by molar-refractivity contribution is -0.137. The molecule has 1 amide bonds. The molecule has 100 valence electrons. The van der Waals surface area contributed by atoms with Crippen molar-refractivity contribution >= 4 is 46.2 Å². The van der Waals surface area contributed by atoms with Crippen LogP contribution >= 0.6 is 34.3 Å². The molecular weight excluding hydrogens is 306 g/mol. The van der Waals surface area contributed by atoms with Crippen LogP contribution in [0.15, 0.2) is 29.6 Å². The highest BCUT2D eigenvalue weighted by atomic mass is 35.5. The molecular formula is C12H10ClNO3S2. The lowest BCUT2D eigenvalue weighted by Gasteiger charge is -2.14. The molecule has 1 atom stereocenters. The maximum Gasteiger partial charge on any atom is 0.305 e. The molecule has 7 heteroatoms. The molecule has 2 N–H and O–H groups in total. The Morgan fingerprint density at radius 3 is 2.68 bits per heavy atom. The minimum absolute atomic E-state index is 0.147. The molecule has 2 aromatic rings. The van der Waals surface area contributed by atoms with Gasteiger partial charge in [0, 0.05) is 4.88 Å². The second-order valence-corrected chi connectivity index (χ2v) is 6.44. The highest BCUT2D eigenvalue weighted by Gasteiger charge is 2.20. The molecule has 4 nitrogen and oxygen atoms in total. The van der Waals surface area contributed by atoms with Crippen LogP contribution in [0.2, 0.25) is 4.34 Å². The number of amides is 1. The summed E-state index contributed by atoms with van der Waals surface area (Å²) in [6.07, 6.45) is -0.147. The fourth-order valence-electron chi connectivity index (χ4n) is 1.55. The Morgan fingerprint density at radius 2 is 2.16 bits per heavy atom. The fourth-order valence-corrected chi connectivity index (χ4v) is 3.28. The summed E-state index contributed by atoms with van der Waals surface area (Å²) >= 11 is 8.35. The molecule has 0 unspecified atom stereocenters. The number of carboxylic acid groups (broad SMARTS) is 1. The summed E-state index contributed by atoms with van der Waals surface area (Å²) in [5.41, 5.74) is 0. The van der Waals surface area contributed by atoms with Gasteiger partial charge in [-0.2, -0.15) is 0 Å². The molecule has 0 spiro atoms. The molecule has 2 rings (SSSR count). The zero-order valence-corrected chi connectivity index (χ0v) is 12.0. The first-order chi connectivity index (χ1) is 9.06. The summed E-state index contributed by atoms with van der Waals surface area (Å²) in [6.45, 7) is 0. The normalized spacial score (nSPS) is 12.1. The molecule has 0 fully saturated rings. The first-order valence-corrected chi connectivity index (χ1v) is 7.45. The third-order valence-electron chi connectivity index (χ3n) is 2.37. The zero-order valence-electron chi connectivity index (χ0n) is 9.63. The summed E-state index contributed by atoms with van der Waals surface area (Å²) in [5, 5.41) is 13.5. The van der Waals surface area contributed by atoms with E-state index < -0.39 is 12.0 Å². The van der Waals surface area contributed by atoms with Crippen LogP contribution in [-0.2, 0) is 4.79 Å². The maximum absolute atomic E-state index is 12.0. The number of carbonyl (C=O) groups is 2. The molecule has 19 heavy (non-hydrogen) atoms. The predicted octanol–water partition coefficient (Wildman–Crippen LogP) is 3.41. The number of thiophene rings is 2. The lowest BCUT2D eigenvalue weighted by atomic mass is 10.1. The molecule has 0 aromatic carbocycles. The Labute approximate surface area is 122 Å². The van der Waals surface area contributed by atoms with Crippen molar-refractivity contribution in [1.82, 2.24) is 5.32 Å². The molecule has 2 aromatic heterocycles. The van der Waals surface area contributed by atoms with Gasteiger partial charge in [0.15, 0.2) is 0 Å². The van der Waals surface area contributed by atoms with Gasteiger partial charge in [-0.15, -0.1) is 22.7 Å². The molecule has 0 aliphatic heterocycles. The van der Waals surface area contributed by atoms with E-state index in [0.29, 0.717) is 9.21 Å². The van der Waals surface area contributed by atoms with Gasteiger partial charge in [-0.3, -0.25) is 9.59 Å². The number of hydrogen-bond acceptors (Lipinski definition) is 4. The van der Waals surface area contributed by atoms with Gasteiger partial charge in [-0.1, -0.05) is 17.7 Å². The van der Waals surface area contributed by atoms with Gasteiger partial charge in [0.25, 0.3) is 5.91 Å². The van der Waals surface area contributed by atoms with Crippen molar-refractivity contribution in [3.05, 3.63) is 43.7 Å². The first kappa shape index (κ1) is 14.0. The van der Waals surface area contributed by atoms with Crippen LogP contribution in [0.4, 0.5) is 0 Å². The van der Waals surface area contributed by atoms with Crippen molar-refractivity contribution in [1.29, 1.82) is 0 Å². The van der Waals surface area contributed by atoms with Crippen molar-refractivity contribution < 1.29 is 14.7 Å². The van der Waals surface area contributed by atoms with Crippen LogP contribution in [0.3, 0.4) is 0 Å². The molecule has 0 bridgehead atoms. The summed E-state index contributed by atoms with van der Waals surface area (Å²) < 4.78 is 0.524. The van der Waals surface area contributed by atoms with Crippen molar-refractivity contribution in [2.75, 3.05) is 0 Å². The topological polar surface area (TPSA) is 66.4 Å². The van der Waals surface area contributed by atoms with Crippen molar-refractivity contribution in [3.8, 4) is 0 Å². The number of halogens is 1. The van der Waals surface area contributed by atoms with Crippen LogP contribution in [0.5, 0.6) is 0 Å². The number of rotatable bonds is 5. The monoisotopic (exact) mass is 315 g/mol. The van der Waals surface area contributed by atoms with Crippen LogP contribution in [0, 0.1) is 0 Å². The van der Waals surface area contributed by atoms with Gasteiger partial charge in [-0.25, -0.2) is 0 Å². The summed E-state index contributed by atoms with van der Waals surface area (Å²) in [6, 6.07) is 6.36. The minimum Gasteiger partial charge on any atom is -0.481 e. The maximum atomic E-state index is 12.0. The van der Waals surface area contributed by atoms with Gasteiger partial charge in [0.1, 0.15) is 0 Å². The summed E-state index contributed by atoms with van der Waals surface area (Å²) in [7, 11) is 0. The SMILES string of the molecule is O=C(O)C[C@H](NC(=O)c1ccc(Cl)s1)c1cccs1. The zero-order chi connectivity index (χ0) is 13.8. The highest BCUT2D eigenvalue weighted by molar-refractivity contribution is 7.18. The van der Waals surface area contributed by atoms with Crippen molar-refractivity contribution in [2.45, 2.75) is 12.5 Å². The molecule has 2 heterocycles. The second-order valence-electron chi connectivity index (χ2n) is 3.74. The Hall–Kier alpha value is -1.37.